The Morgan fingerprint density at radius 2 is 1.03 bits per heavy atom. The fourth-order valence-corrected chi connectivity index (χ4v) is 3.22. The molecule has 0 aromatic heterocycles. The van der Waals surface area contributed by atoms with Crippen molar-refractivity contribution in [1.29, 1.82) is 0 Å². The molecule has 31 heavy (non-hydrogen) atoms. The molecule has 0 saturated carbocycles. The van der Waals surface area contributed by atoms with Gasteiger partial charge in [-0.15, -0.1) is 0 Å². The van der Waals surface area contributed by atoms with E-state index in [1.165, 1.54) is 44.9 Å². The molecule has 0 atom stereocenters. The predicted molar refractivity (Wildman–Crippen MR) is 126 cm³/mol. The fraction of sp³-hybridized carbons (Fsp3) is 0.519. The number of benzene rings is 2. The summed E-state index contributed by atoms with van der Waals surface area (Å²) in [6.45, 7) is 5.78. The minimum Gasteiger partial charge on any atom is -0.494 e. The summed E-state index contributed by atoms with van der Waals surface area (Å²) >= 11 is 0. The molecule has 0 heterocycles. The van der Waals surface area contributed by atoms with Crippen molar-refractivity contribution in [1.82, 2.24) is 0 Å². The summed E-state index contributed by atoms with van der Waals surface area (Å²) in [6.07, 6.45) is 12.4. The molecule has 0 bridgehead atoms. The zero-order valence-electron chi connectivity index (χ0n) is 19.2. The molecule has 0 aliphatic carbocycles. The number of esters is 1. The Hall–Kier alpha value is -2.49. The third kappa shape index (κ3) is 10.4. The summed E-state index contributed by atoms with van der Waals surface area (Å²) < 4.78 is 16.9. The SMILES string of the molecule is CCCCCCCCCCOc1ccc(OC(=O)c2ccc(OCCCC)cc2)cc1. The standard InChI is InChI=1S/C27H38O4/c1-3-5-7-8-9-10-11-12-22-30-25-17-19-26(20-18-25)31-27(28)23-13-15-24(16-14-23)29-21-6-4-2/h13-20H,3-12,21-22H2,1-2H3. The highest BCUT2D eigenvalue weighted by Gasteiger charge is 2.09. The summed E-state index contributed by atoms with van der Waals surface area (Å²) in [5, 5.41) is 0. The number of ether oxygens (including phenoxy) is 3. The molecular weight excluding hydrogens is 388 g/mol. The molecule has 0 saturated heterocycles. The Kier molecular flexibility index (Phi) is 12.3. The minimum absolute atomic E-state index is 0.382. The number of hydrogen-bond donors (Lipinski definition) is 0. The predicted octanol–water partition coefficient (Wildman–Crippen LogP) is 7.60. The zero-order chi connectivity index (χ0) is 22.2. The second-order valence-electron chi connectivity index (χ2n) is 7.91. The maximum atomic E-state index is 12.3. The summed E-state index contributed by atoms with van der Waals surface area (Å²) in [5.74, 6) is 1.69. The van der Waals surface area contributed by atoms with E-state index in [1.54, 1.807) is 36.4 Å². The van der Waals surface area contributed by atoms with E-state index >= 15 is 0 Å². The van der Waals surface area contributed by atoms with Gasteiger partial charge in [-0.1, -0.05) is 65.2 Å². The van der Waals surface area contributed by atoms with Crippen LogP contribution in [0, 0.1) is 0 Å². The summed E-state index contributed by atoms with van der Waals surface area (Å²) in [4.78, 5) is 12.3. The van der Waals surface area contributed by atoms with Gasteiger partial charge in [-0.2, -0.15) is 0 Å². The van der Waals surface area contributed by atoms with Gasteiger partial charge in [0, 0.05) is 0 Å². The molecule has 0 N–H and O–H groups in total. The van der Waals surface area contributed by atoms with Gasteiger partial charge in [0.1, 0.15) is 17.2 Å². The monoisotopic (exact) mass is 426 g/mol. The first-order valence-electron chi connectivity index (χ1n) is 11.9. The Bertz CT molecular complexity index is 722. The van der Waals surface area contributed by atoms with E-state index in [9.17, 15) is 4.79 Å². The molecule has 2 aromatic carbocycles. The van der Waals surface area contributed by atoms with Crippen LogP contribution in [0.3, 0.4) is 0 Å². The molecule has 0 amide bonds. The summed E-state index contributed by atoms with van der Waals surface area (Å²) in [7, 11) is 0. The highest BCUT2D eigenvalue weighted by atomic mass is 16.5. The lowest BCUT2D eigenvalue weighted by Crippen LogP contribution is -2.08. The summed E-state index contributed by atoms with van der Waals surface area (Å²) in [5.41, 5.74) is 0.498. The van der Waals surface area contributed by atoms with Crippen molar-refractivity contribution in [2.45, 2.75) is 78.1 Å². The molecule has 0 fully saturated rings. The van der Waals surface area contributed by atoms with Crippen LogP contribution in [0.15, 0.2) is 48.5 Å². The Morgan fingerprint density at radius 3 is 1.61 bits per heavy atom. The topological polar surface area (TPSA) is 44.8 Å². The van der Waals surface area contributed by atoms with Crippen LogP contribution in [0.5, 0.6) is 17.2 Å². The van der Waals surface area contributed by atoms with E-state index in [0.717, 1.165) is 37.4 Å². The van der Waals surface area contributed by atoms with E-state index in [-0.39, 0.29) is 5.97 Å². The van der Waals surface area contributed by atoms with Crippen LogP contribution in [0.25, 0.3) is 0 Å². The first-order chi connectivity index (χ1) is 15.2. The van der Waals surface area contributed by atoms with Crippen LogP contribution >= 0.6 is 0 Å². The van der Waals surface area contributed by atoms with Gasteiger partial charge in [-0.25, -0.2) is 4.79 Å². The van der Waals surface area contributed by atoms with Crippen molar-refractivity contribution in [2.75, 3.05) is 13.2 Å². The van der Waals surface area contributed by atoms with Gasteiger partial charge in [-0.3, -0.25) is 0 Å². The number of unbranched alkanes of at least 4 members (excludes halogenated alkanes) is 8. The van der Waals surface area contributed by atoms with Gasteiger partial charge in [0.05, 0.1) is 18.8 Å². The van der Waals surface area contributed by atoms with Gasteiger partial charge in [-0.05, 0) is 61.4 Å². The minimum atomic E-state index is -0.382. The molecule has 0 aliphatic rings. The Balaban J connectivity index is 1.65. The normalized spacial score (nSPS) is 10.6. The molecule has 0 unspecified atom stereocenters. The van der Waals surface area contributed by atoms with Gasteiger partial charge in [0.2, 0.25) is 0 Å². The van der Waals surface area contributed by atoms with Gasteiger partial charge < -0.3 is 14.2 Å². The maximum absolute atomic E-state index is 12.3. The van der Waals surface area contributed by atoms with E-state index in [1.807, 2.05) is 12.1 Å². The number of hydrogen-bond acceptors (Lipinski definition) is 4. The average Bonchev–Trinajstić information content (AvgIpc) is 2.79. The second-order valence-corrected chi connectivity index (χ2v) is 7.91. The van der Waals surface area contributed by atoms with E-state index in [4.69, 9.17) is 14.2 Å². The zero-order valence-corrected chi connectivity index (χ0v) is 19.2. The first-order valence-corrected chi connectivity index (χ1v) is 11.9. The summed E-state index contributed by atoms with van der Waals surface area (Å²) in [6, 6.07) is 14.3. The molecule has 170 valence electrons. The van der Waals surface area contributed by atoms with Crippen LogP contribution in [0.2, 0.25) is 0 Å². The van der Waals surface area contributed by atoms with E-state index in [2.05, 4.69) is 13.8 Å². The van der Waals surface area contributed by atoms with Crippen molar-refractivity contribution in [2.24, 2.45) is 0 Å². The fourth-order valence-electron chi connectivity index (χ4n) is 3.22. The van der Waals surface area contributed by atoms with Gasteiger partial charge in [0.15, 0.2) is 0 Å². The van der Waals surface area contributed by atoms with Crippen LogP contribution in [0.4, 0.5) is 0 Å². The second kappa shape index (κ2) is 15.3. The molecule has 2 aromatic rings. The number of carbonyl (C=O) groups excluding carboxylic acids is 1. The third-order valence-corrected chi connectivity index (χ3v) is 5.16. The van der Waals surface area contributed by atoms with Gasteiger partial charge >= 0.3 is 5.97 Å². The average molecular weight is 427 g/mol. The molecule has 0 radical (unpaired) electrons. The quantitative estimate of drug-likeness (QED) is 0.157. The van der Waals surface area contributed by atoms with Crippen molar-refractivity contribution in [3.63, 3.8) is 0 Å². The third-order valence-electron chi connectivity index (χ3n) is 5.16. The van der Waals surface area contributed by atoms with Crippen LogP contribution in [-0.2, 0) is 0 Å². The molecular formula is C27H38O4. The largest absolute Gasteiger partial charge is 0.494 e. The van der Waals surface area contributed by atoms with Crippen LogP contribution < -0.4 is 14.2 Å². The Morgan fingerprint density at radius 1 is 0.581 bits per heavy atom. The highest BCUT2D eigenvalue weighted by molar-refractivity contribution is 5.91. The van der Waals surface area contributed by atoms with Gasteiger partial charge in [0.25, 0.3) is 0 Å². The van der Waals surface area contributed by atoms with Crippen LogP contribution in [0.1, 0.15) is 88.4 Å². The van der Waals surface area contributed by atoms with Crippen LogP contribution in [-0.4, -0.2) is 19.2 Å². The number of rotatable bonds is 16. The molecule has 4 nitrogen and oxygen atoms in total. The molecule has 0 aliphatic heterocycles. The van der Waals surface area contributed by atoms with Crippen molar-refractivity contribution in [3.05, 3.63) is 54.1 Å². The number of carbonyl (C=O) groups is 1. The van der Waals surface area contributed by atoms with E-state index in [0.29, 0.717) is 17.9 Å². The van der Waals surface area contributed by atoms with E-state index < -0.39 is 0 Å². The van der Waals surface area contributed by atoms with Crippen molar-refractivity contribution < 1.29 is 19.0 Å². The van der Waals surface area contributed by atoms with Crippen molar-refractivity contribution in [3.8, 4) is 17.2 Å². The molecule has 2 rings (SSSR count). The lowest BCUT2D eigenvalue weighted by molar-refractivity contribution is 0.0734. The molecule has 0 spiro atoms. The Labute approximate surface area is 187 Å². The lowest BCUT2D eigenvalue weighted by atomic mass is 10.1. The lowest BCUT2D eigenvalue weighted by Gasteiger charge is -2.09. The first kappa shape index (κ1) is 24.8. The highest BCUT2D eigenvalue weighted by Crippen LogP contribution is 2.20. The van der Waals surface area contributed by atoms with Crippen molar-refractivity contribution >= 4 is 5.97 Å². The smallest absolute Gasteiger partial charge is 0.343 e. The maximum Gasteiger partial charge on any atom is 0.343 e. The molecule has 4 heteroatoms.